The van der Waals surface area contributed by atoms with Gasteiger partial charge in [-0.3, -0.25) is 4.90 Å². The summed E-state index contributed by atoms with van der Waals surface area (Å²) in [5.74, 6) is 6.08. The fraction of sp³-hybridized carbons (Fsp3) is 0.484. The Balaban J connectivity index is 1.32. The summed E-state index contributed by atoms with van der Waals surface area (Å²) in [6, 6.07) is 11.8. The van der Waals surface area contributed by atoms with E-state index in [4.69, 9.17) is 4.74 Å². The third kappa shape index (κ3) is 7.43. The maximum atomic E-state index is 13.6. The molecule has 2 aromatic carbocycles. The lowest BCUT2D eigenvalue weighted by Gasteiger charge is -2.35. The van der Waals surface area contributed by atoms with Crippen LogP contribution in [0, 0.1) is 11.8 Å². The van der Waals surface area contributed by atoms with Crippen molar-refractivity contribution >= 4 is 32.1 Å². The van der Waals surface area contributed by atoms with Gasteiger partial charge >= 0.3 is 6.18 Å². The standard InChI is InChI=1S/C31H37F3N4O5S/c1-43-30-16-23(44(2,41)42)12-13-26(30)35-14-4-5-22-15-24-25(6-3-7-27(24)38(22)19-31(32,33)34)36-20-8-10-21(11-9-20)37-17-28(39)29(40)18-37/h3,6-7,12-13,15-16,20-21,28-29,35-36,39-40H,8-11,14,17-19H2,1-2H3/t20?,21?,28-,29-/m0/s1. The SMILES string of the molecule is COc1cc(S(C)(=O)=O)ccc1NCC#Cc1cc2c(NC3CCC(N4C[C@H](O)[C@@H](O)C4)CC3)cccc2n1CC(F)(F)F. The van der Waals surface area contributed by atoms with E-state index < -0.39 is 34.8 Å². The first kappa shape index (κ1) is 32.0. The van der Waals surface area contributed by atoms with Crippen LogP contribution in [0.3, 0.4) is 0 Å². The molecule has 9 nitrogen and oxygen atoms in total. The Morgan fingerprint density at radius 3 is 2.36 bits per heavy atom. The molecule has 238 valence electrons. The number of methoxy groups -OCH3 is 1. The van der Waals surface area contributed by atoms with Crippen LogP contribution in [0.2, 0.25) is 0 Å². The highest BCUT2D eigenvalue weighted by Gasteiger charge is 2.35. The molecule has 4 N–H and O–H groups in total. The first-order chi connectivity index (χ1) is 20.8. The maximum absolute atomic E-state index is 13.6. The molecule has 2 heterocycles. The number of fused-ring (bicyclic) bond motifs is 1. The lowest BCUT2D eigenvalue weighted by molar-refractivity contribution is -0.140. The smallest absolute Gasteiger partial charge is 0.406 e. The fourth-order valence-corrected chi connectivity index (χ4v) is 6.72. The Morgan fingerprint density at radius 2 is 1.73 bits per heavy atom. The first-order valence-corrected chi connectivity index (χ1v) is 16.4. The van der Waals surface area contributed by atoms with Crippen molar-refractivity contribution in [1.29, 1.82) is 0 Å². The van der Waals surface area contributed by atoms with E-state index in [1.54, 1.807) is 24.3 Å². The van der Waals surface area contributed by atoms with Crippen molar-refractivity contribution < 1.29 is 36.5 Å². The van der Waals surface area contributed by atoms with E-state index in [1.165, 1.54) is 23.8 Å². The Hall–Kier alpha value is -3.44. The average Bonchev–Trinajstić information content (AvgIpc) is 3.49. The zero-order valence-electron chi connectivity index (χ0n) is 24.6. The number of anilines is 2. The Morgan fingerprint density at radius 1 is 1.02 bits per heavy atom. The Kier molecular flexibility index (Phi) is 9.36. The van der Waals surface area contributed by atoms with Crippen LogP contribution in [0.5, 0.6) is 5.75 Å². The summed E-state index contributed by atoms with van der Waals surface area (Å²) in [7, 11) is -2.01. The number of hydrogen-bond donors (Lipinski definition) is 4. The molecule has 0 amide bonds. The Bertz CT molecular complexity index is 1650. The minimum absolute atomic E-state index is 0.0849. The van der Waals surface area contributed by atoms with Gasteiger partial charge in [0.1, 0.15) is 12.3 Å². The molecule has 1 saturated carbocycles. The minimum Gasteiger partial charge on any atom is -0.495 e. The van der Waals surface area contributed by atoms with Gasteiger partial charge in [0.15, 0.2) is 9.84 Å². The van der Waals surface area contributed by atoms with Gasteiger partial charge in [0.05, 0.1) is 47.7 Å². The highest BCUT2D eigenvalue weighted by Crippen LogP contribution is 2.33. The van der Waals surface area contributed by atoms with Gasteiger partial charge in [-0.1, -0.05) is 12.0 Å². The molecule has 5 rings (SSSR count). The van der Waals surface area contributed by atoms with E-state index in [0.29, 0.717) is 35.4 Å². The third-order valence-corrected chi connectivity index (χ3v) is 9.44. The van der Waals surface area contributed by atoms with Gasteiger partial charge in [-0.15, -0.1) is 0 Å². The second kappa shape index (κ2) is 12.9. The van der Waals surface area contributed by atoms with E-state index in [2.05, 4.69) is 27.4 Å². The van der Waals surface area contributed by atoms with Crippen LogP contribution in [0.1, 0.15) is 31.4 Å². The number of nitrogens with zero attached hydrogens (tertiary/aromatic N) is 2. The number of hydrogen-bond acceptors (Lipinski definition) is 8. The molecule has 2 atom stereocenters. The summed E-state index contributed by atoms with van der Waals surface area (Å²) >= 11 is 0. The van der Waals surface area contributed by atoms with Crippen molar-refractivity contribution in [2.24, 2.45) is 0 Å². The van der Waals surface area contributed by atoms with E-state index in [0.717, 1.165) is 37.6 Å². The van der Waals surface area contributed by atoms with Gasteiger partial charge < -0.3 is 30.2 Å². The van der Waals surface area contributed by atoms with Crippen molar-refractivity contribution in [1.82, 2.24) is 9.47 Å². The monoisotopic (exact) mass is 634 g/mol. The molecule has 13 heteroatoms. The largest absolute Gasteiger partial charge is 0.495 e. The van der Waals surface area contributed by atoms with Crippen LogP contribution in [-0.4, -0.2) is 91.6 Å². The highest BCUT2D eigenvalue weighted by atomic mass is 32.2. The number of β-amino-alcohol motifs (C(OH)–C–C–N with tert-alkyl or cyclic N) is 2. The summed E-state index contributed by atoms with van der Waals surface area (Å²) in [4.78, 5) is 2.25. The molecular weight excluding hydrogens is 597 g/mol. The van der Waals surface area contributed by atoms with Crippen LogP contribution >= 0.6 is 0 Å². The van der Waals surface area contributed by atoms with Gasteiger partial charge in [0, 0.05) is 48.6 Å². The molecular formula is C31H37F3N4O5S. The van der Waals surface area contributed by atoms with Crippen molar-refractivity contribution in [2.75, 3.05) is 43.6 Å². The predicted molar refractivity (Wildman–Crippen MR) is 163 cm³/mol. The van der Waals surface area contributed by atoms with E-state index in [1.807, 2.05) is 6.07 Å². The summed E-state index contributed by atoms with van der Waals surface area (Å²) in [5.41, 5.74) is 1.90. The lowest BCUT2D eigenvalue weighted by Crippen LogP contribution is -2.39. The molecule has 1 aliphatic carbocycles. The maximum Gasteiger partial charge on any atom is 0.406 e. The quantitative estimate of drug-likeness (QED) is 0.277. The van der Waals surface area contributed by atoms with Gasteiger partial charge in [-0.2, -0.15) is 13.2 Å². The third-order valence-electron chi connectivity index (χ3n) is 8.33. The minimum atomic E-state index is -4.45. The average molecular weight is 635 g/mol. The first-order valence-electron chi connectivity index (χ1n) is 14.5. The van der Waals surface area contributed by atoms with Crippen molar-refractivity contribution in [2.45, 2.75) is 67.6 Å². The predicted octanol–water partition coefficient (Wildman–Crippen LogP) is 3.84. The van der Waals surface area contributed by atoms with Crippen molar-refractivity contribution in [3.05, 3.63) is 48.2 Å². The number of halogens is 3. The molecule has 0 radical (unpaired) electrons. The lowest BCUT2D eigenvalue weighted by atomic mass is 9.90. The van der Waals surface area contributed by atoms with Crippen molar-refractivity contribution in [3.8, 4) is 17.6 Å². The number of rotatable bonds is 8. The van der Waals surface area contributed by atoms with E-state index in [-0.39, 0.29) is 29.2 Å². The number of benzene rings is 2. The van der Waals surface area contributed by atoms with Crippen LogP contribution in [0.4, 0.5) is 24.5 Å². The van der Waals surface area contributed by atoms with E-state index >= 15 is 0 Å². The number of aliphatic hydroxyl groups is 2. The number of alkyl halides is 3. The van der Waals surface area contributed by atoms with Crippen LogP contribution in [0.15, 0.2) is 47.4 Å². The number of aromatic nitrogens is 1. The molecule has 1 aromatic heterocycles. The fourth-order valence-electron chi connectivity index (χ4n) is 6.09. The molecule has 0 bridgehead atoms. The second-order valence-corrected chi connectivity index (χ2v) is 13.5. The normalized spacial score (nSPS) is 22.9. The molecule has 3 aromatic rings. The second-order valence-electron chi connectivity index (χ2n) is 11.5. The van der Waals surface area contributed by atoms with Gasteiger partial charge in [0.2, 0.25) is 0 Å². The molecule has 1 aliphatic heterocycles. The highest BCUT2D eigenvalue weighted by molar-refractivity contribution is 7.90. The van der Waals surface area contributed by atoms with Gasteiger partial charge in [-0.25, -0.2) is 8.42 Å². The topological polar surface area (TPSA) is 116 Å². The number of aliphatic hydroxyl groups excluding tert-OH is 2. The molecule has 1 saturated heterocycles. The summed E-state index contributed by atoms with van der Waals surface area (Å²) < 4.78 is 71.1. The number of ether oxygens (including phenoxy) is 1. The number of sulfone groups is 1. The Labute approximate surface area is 254 Å². The zero-order chi connectivity index (χ0) is 31.6. The van der Waals surface area contributed by atoms with Gasteiger partial charge in [0.25, 0.3) is 0 Å². The molecule has 2 fully saturated rings. The van der Waals surface area contributed by atoms with Crippen LogP contribution < -0.4 is 15.4 Å². The molecule has 0 spiro atoms. The van der Waals surface area contributed by atoms with Crippen LogP contribution in [0.25, 0.3) is 10.9 Å². The number of nitrogens with one attached hydrogen (secondary N) is 2. The van der Waals surface area contributed by atoms with Gasteiger partial charge in [-0.05, 0) is 61.9 Å². The molecule has 44 heavy (non-hydrogen) atoms. The summed E-state index contributed by atoms with van der Waals surface area (Å²) in [6.07, 6.45) is -1.27. The van der Waals surface area contributed by atoms with Crippen molar-refractivity contribution in [3.63, 3.8) is 0 Å². The zero-order valence-corrected chi connectivity index (χ0v) is 25.4. The summed E-state index contributed by atoms with van der Waals surface area (Å²) in [6.45, 7) is -0.158. The van der Waals surface area contributed by atoms with E-state index in [9.17, 15) is 31.8 Å². The molecule has 0 unspecified atom stereocenters. The van der Waals surface area contributed by atoms with Crippen LogP contribution in [-0.2, 0) is 16.4 Å². The summed E-state index contributed by atoms with van der Waals surface area (Å²) in [5, 5.41) is 27.0. The molecule has 2 aliphatic rings. The number of likely N-dealkylation sites (tertiary alicyclic amines) is 1.